The SMILES string of the molecule is Cc1cc(C)nc(NS(=O)(=O)c2ccc(N3CC(O)=C(c4ccccc4)C3=N)cc2)n1. The molecule has 1 aliphatic rings. The summed E-state index contributed by atoms with van der Waals surface area (Å²) in [7, 11) is -3.87. The van der Waals surface area contributed by atoms with Gasteiger partial charge in [-0.05, 0) is 49.7 Å². The largest absolute Gasteiger partial charge is 0.510 e. The molecule has 0 saturated carbocycles. The quantitative estimate of drug-likeness (QED) is 0.563. The summed E-state index contributed by atoms with van der Waals surface area (Å²) < 4.78 is 27.8. The van der Waals surface area contributed by atoms with Crippen LogP contribution in [0, 0.1) is 19.3 Å². The minimum absolute atomic E-state index is 0.0181. The van der Waals surface area contributed by atoms with Crippen LogP contribution in [-0.2, 0) is 10.0 Å². The van der Waals surface area contributed by atoms with Crippen LogP contribution in [0.5, 0.6) is 0 Å². The molecule has 1 aliphatic heterocycles. The van der Waals surface area contributed by atoms with Gasteiger partial charge in [0, 0.05) is 17.1 Å². The smallest absolute Gasteiger partial charge is 0.264 e. The molecule has 4 rings (SSSR count). The van der Waals surface area contributed by atoms with E-state index in [1.165, 1.54) is 12.1 Å². The van der Waals surface area contributed by atoms with Gasteiger partial charge >= 0.3 is 0 Å². The number of nitrogens with one attached hydrogen (secondary N) is 2. The summed E-state index contributed by atoms with van der Waals surface area (Å²) in [6.07, 6.45) is 0. The highest BCUT2D eigenvalue weighted by atomic mass is 32.2. The van der Waals surface area contributed by atoms with Gasteiger partial charge in [0.25, 0.3) is 10.0 Å². The Bertz CT molecular complexity index is 1270. The van der Waals surface area contributed by atoms with Gasteiger partial charge in [-0.3, -0.25) is 5.41 Å². The van der Waals surface area contributed by atoms with Crippen LogP contribution in [0.4, 0.5) is 11.6 Å². The first-order valence-electron chi connectivity index (χ1n) is 9.54. The topological polar surface area (TPSA) is 119 Å². The number of nitrogens with zero attached hydrogens (tertiary/aromatic N) is 3. The number of aromatic nitrogens is 2. The number of rotatable bonds is 5. The van der Waals surface area contributed by atoms with Crippen LogP contribution in [0.3, 0.4) is 0 Å². The number of anilines is 2. The second-order valence-electron chi connectivity index (χ2n) is 7.20. The Hall–Kier alpha value is -3.72. The maximum Gasteiger partial charge on any atom is 0.264 e. The fraction of sp³-hybridized carbons (Fsp3) is 0.136. The van der Waals surface area contributed by atoms with Crippen molar-refractivity contribution in [2.45, 2.75) is 18.7 Å². The molecule has 0 atom stereocenters. The van der Waals surface area contributed by atoms with Crippen molar-refractivity contribution in [1.29, 1.82) is 5.41 Å². The molecule has 0 aliphatic carbocycles. The number of aliphatic hydroxyl groups is 1. The zero-order valence-corrected chi connectivity index (χ0v) is 17.8. The van der Waals surface area contributed by atoms with Crippen molar-refractivity contribution in [3.8, 4) is 0 Å². The van der Waals surface area contributed by atoms with E-state index in [2.05, 4.69) is 14.7 Å². The van der Waals surface area contributed by atoms with Gasteiger partial charge in [-0.15, -0.1) is 0 Å². The normalized spacial score (nSPS) is 14.3. The van der Waals surface area contributed by atoms with Gasteiger partial charge in [-0.2, -0.15) is 0 Å². The summed E-state index contributed by atoms with van der Waals surface area (Å²) >= 11 is 0. The van der Waals surface area contributed by atoms with Crippen molar-refractivity contribution in [2.24, 2.45) is 0 Å². The Balaban J connectivity index is 1.55. The van der Waals surface area contributed by atoms with Gasteiger partial charge in [0.2, 0.25) is 5.95 Å². The van der Waals surface area contributed by atoms with E-state index in [0.29, 0.717) is 22.6 Å². The molecular formula is C22H21N5O3S. The molecule has 3 aromatic rings. The predicted molar refractivity (Wildman–Crippen MR) is 120 cm³/mol. The third-order valence-corrected chi connectivity index (χ3v) is 6.18. The standard InChI is InChI=1S/C22H21N5O3S/c1-14-12-15(2)25-22(24-14)26-31(29,30)18-10-8-17(9-11-18)27-13-19(28)20(21(27)23)16-6-4-3-5-7-16/h3-12,23,28H,13H2,1-2H3,(H,24,25,26). The second kappa shape index (κ2) is 7.84. The van der Waals surface area contributed by atoms with Crippen LogP contribution in [-0.4, -0.2) is 35.9 Å². The average Bonchev–Trinajstić information content (AvgIpc) is 3.01. The van der Waals surface area contributed by atoms with Gasteiger partial charge in [0.1, 0.15) is 11.6 Å². The van der Waals surface area contributed by atoms with Crippen molar-refractivity contribution in [2.75, 3.05) is 16.2 Å². The van der Waals surface area contributed by atoms with Crippen molar-refractivity contribution < 1.29 is 13.5 Å². The molecule has 0 saturated heterocycles. The predicted octanol–water partition coefficient (Wildman–Crippen LogP) is 3.66. The minimum atomic E-state index is -3.87. The van der Waals surface area contributed by atoms with Gasteiger partial charge in [-0.1, -0.05) is 30.3 Å². The third-order valence-electron chi connectivity index (χ3n) is 4.83. The van der Waals surface area contributed by atoms with Gasteiger partial charge in [-0.25, -0.2) is 23.1 Å². The van der Waals surface area contributed by atoms with Gasteiger partial charge in [0.15, 0.2) is 0 Å². The molecule has 0 spiro atoms. The molecule has 8 nitrogen and oxygen atoms in total. The summed E-state index contributed by atoms with van der Waals surface area (Å²) in [5, 5.41) is 18.9. The van der Waals surface area contributed by atoms with Crippen LogP contribution in [0.1, 0.15) is 17.0 Å². The molecule has 9 heteroatoms. The van der Waals surface area contributed by atoms with E-state index in [1.807, 2.05) is 30.3 Å². The van der Waals surface area contributed by atoms with Gasteiger partial charge < -0.3 is 10.0 Å². The number of benzene rings is 2. The summed E-state index contributed by atoms with van der Waals surface area (Å²) in [6.45, 7) is 3.67. The summed E-state index contributed by atoms with van der Waals surface area (Å²) in [5.74, 6) is 0.270. The molecule has 0 unspecified atom stereocenters. The first kappa shape index (κ1) is 20.5. The Morgan fingerprint density at radius 3 is 2.23 bits per heavy atom. The Labute approximate surface area is 180 Å². The number of amidine groups is 1. The molecule has 3 N–H and O–H groups in total. The van der Waals surface area contributed by atoms with E-state index < -0.39 is 10.0 Å². The lowest BCUT2D eigenvalue weighted by molar-refractivity contribution is 0.411. The lowest BCUT2D eigenvalue weighted by atomic mass is 10.1. The minimum Gasteiger partial charge on any atom is -0.510 e. The van der Waals surface area contributed by atoms with Crippen LogP contribution < -0.4 is 9.62 Å². The lowest BCUT2D eigenvalue weighted by Gasteiger charge is -2.19. The molecule has 158 valence electrons. The first-order chi connectivity index (χ1) is 14.7. The van der Waals surface area contributed by atoms with E-state index in [0.717, 1.165) is 5.56 Å². The lowest BCUT2D eigenvalue weighted by Crippen LogP contribution is -2.26. The zero-order chi connectivity index (χ0) is 22.2. The second-order valence-corrected chi connectivity index (χ2v) is 8.88. The maximum absolute atomic E-state index is 12.7. The number of aryl methyl sites for hydroxylation is 2. The maximum atomic E-state index is 12.7. The fourth-order valence-electron chi connectivity index (χ4n) is 3.46. The van der Waals surface area contributed by atoms with Crippen molar-refractivity contribution >= 4 is 33.1 Å². The van der Waals surface area contributed by atoms with E-state index in [4.69, 9.17) is 5.41 Å². The molecule has 0 bridgehead atoms. The number of hydrogen-bond donors (Lipinski definition) is 3. The molecule has 2 heterocycles. The van der Waals surface area contributed by atoms with Crippen LogP contribution in [0.25, 0.3) is 5.57 Å². The molecule has 0 fully saturated rings. The number of hydrogen-bond acceptors (Lipinski definition) is 6. The van der Waals surface area contributed by atoms with Crippen LogP contribution >= 0.6 is 0 Å². The summed E-state index contributed by atoms with van der Waals surface area (Å²) in [5.41, 5.74) is 3.14. The van der Waals surface area contributed by atoms with Gasteiger partial charge in [0.05, 0.1) is 17.0 Å². The first-order valence-corrected chi connectivity index (χ1v) is 11.0. The van der Waals surface area contributed by atoms with Crippen molar-refractivity contribution in [3.05, 3.63) is 83.4 Å². The van der Waals surface area contributed by atoms with Crippen molar-refractivity contribution in [3.63, 3.8) is 0 Å². The van der Waals surface area contributed by atoms with E-state index in [9.17, 15) is 13.5 Å². The van der Waals surface area contributed by atoms with E-state index in [1.54, 1.807) is 36.9 Å². The van der Waals surface area contributed by atoms with Crippen LogP contribution in [0.2, 0.25) is 0 Å². The van der Waals surface area contributed by atoms with Crippen molar-refractivity contribution in [1.82, 2.24) is 9.97 Å². The Kier molecular flexibility index (Phi) is 5.20. The Morgan fingerprint density at radius 2 is 1.61 bits per heavy atom. The third kappa shape index (κ3) is 4.13. The van der Waals surface area contributed by atoms with E-state index in [-0.39, 0.29) is 29.0 Å². The molecule has 31 heavy (non-hydrogen) atoms. The summed E-state index contributed by atoms with van der Waals surface area (Å²) in [4.78, 5) is 9.89. The molecular weight excluding hydrogens is 414 g/mol. The average molecular weight is 436 g/mol. The molecule has 0 radical (unpaired) electrons. The summed E-state index contributed by atoms with van der Waals surface area (Å²) in [6, 6.07) is 17.1. The highest BCUT2D eigenvalue weighted by Crippen LogP contribution is 2.31. The molecule has 2 aromatic carbocycles. The van der Waals surface area contributed by atoms with E-state index >= 15 is 0 Å². The zero-order valence-electron chi connectivity index (χ0n) is 17.0. The monoisotopic (exact) mass is 435 g/mol. The highest BCUT2D eigenvalue weighted by Gasteiger charge is 2.29. The Morgan fingerprint density at radius 1 is 1.00 bits per heavy atom. The highest BCUT2D eigenvalue weighted by molar-refractivity contribution is 7.92. The molecule has 1 aromatic heterocycles. The molecule has 0 amide bonds. The van der Waals surface area contributed by atoms with Crippen LogP contribution in [0.15, 0.2) is 71.3 Å². The number of aliphatic hydroxyl groups excluding tert-OH is 1. The fourth-order valence-corrected chi connectivity index (χ4v) is 4.41. The number of sulfonamides is 1.